The van der Waals surface area contributed by atoms with Gasteiger partial charge in [-0.3, -0.25) is 4.79 Å². The van der Waals surface area contributed by atoms with Crippen molar-refractivity contribution in [2.24, 2.45) is 0 Å². The maximum absolute atomic E-state index is 13.1. The van der Waals surface area contributed by atoms with Gasteiger partial charge in [0.05, 0.1) is 17.3 Å². The molecule has 0 saturated carbocycles. The fourth-order valence-electron chi connectivity index (χ4n) is 1.93. The van der Waals surface area contributed by atoms with Gasteiger partial charge in [-0.05, 0) is 36.8 Å². The van der Waals surface area contributed by atoms with Crippen molar-refractivity contribution in [1.82, 2.24) is 4.90 Å². The molecule has 1 aromatic heterocycles. The van der Waals surface area contributed by atoms with Crippen LogP contribution in [0.4, 0.5) is 4.39 Å². The Morgan fingerprint density at radius 2 is 2.15 bits per heavy atom. The summed E-state index contributed by atoms with van der Waals surface area (Å²) < 4.78 is 13.8. The summed E-state index contributed by atoms with van der Waals surface area (Å²) in [4.78, 5) is 15.0. The molecule has 0 aliphatic carbocycles. The molecule has 106 valence electrons. The van der Waals surface area contributed by atoms with Crippen molar-refractivity contribution >= 4 is 28.8 Å². The molecule has 0 bridgehead atoms. The highest BCUT2D eigenvalue weighted by Gasteiger charge is 2.14. The Hall–Kier alpha value is -1.39. The van der Waals surface area contributed by atoms with E-state index in [0.29, 0.717) is 23.0 Å². The largest absolute Gasteiger partial charge is 0.338 e. The van der Waals surface area contributed by atoms with E-state index in [9.17, 15) is 9.18 Å². The number of nitrogens with zero attached hydrogens (tertiary/aromatic N) is 1. The molecule has 0 saturated heterocycles. The van der Waals surface area contributed by atoms with Crippen LogP contribution < -0.4 is 0 Å². The Labute approximate surface area is 126 Å². The van der Waals surface area contributed by atoms with Crippen LogP contribution in [0.2, 0.25) is 4.34 Å². The zero-order valence-electron chi connectivity index (χ0n) is 11.1. The topological polar surface area (TPSA) is 20.3 Å². The predicted octanol–water partition coefficient (Wildman–Crippen LogP) is 4.13. The molecule has 20 heavy (non-hydrogen) atoms. The van der Waals surface area contributed by atoms with Crippen LogP contribution in [0.15, 0.2) is 36.4 Å². The minimum atomic E-state index is -0.316. The van der Waals surface area contributed by atoms with Crippen LogP contribution in [0.25, 0.3) is 0 Å². The number of hydrogen-bond donors (Lipinski definition) is 0. The molecule has 1 heterocycles. The number of rotatable bonds is 5. The van der Waals surface area contributed by atoms with Crippen molar-refractivity contribution in [1.29, 1.82) is 0 Å². The molecular formula is C15H15ClFNOS. The average Bonchev–Trinajstić information content (AvgIpc) is 2.81. The van der Waals surface area contributed by atoms with E-state index in [1.807, 2.05) is 19.1 Å². The zero-order chi connectivity index (χ0) is 14.5. The van der Waals surface area contributed by atoms with Crippen molar-refractivity contribution in [2.45, 2.75) is 19.9 Å². The minimum absolute atomic E-state index is 0.0115. The van der Waals surface area contributed by atoms with Gasteiger partial charge in [-0.25, -0.2) is 4.39 Å². The number of carbonyl (C=O) groups excluding carboxylic acids is 1. The lowest BCUT2D eigenvalue weighted by molar-refractivity contribution is -0.130. The monoisotopic (exact) mass is 311 g/mol. The van der Waals surface area contributed by atoms with Crippen molar-refractivity contribution < 1.29 is 9.18 Å². The number of thiophene rings is 1. The maximum atomic E-state index is 13.1. The van der Waals surface area contributed by atoms with Gasteiger partial charge in [-0.1, -0.05) is 23.7 Å². The first-order chi connectivity index (χ1) is 9.58. The summed E-state index contributed by atoms with van der Waals surface area (Å²) in [6.45, 7) is 3.09. The van der Waals surface area contributed by atoms with E-state index in [4.69, 9.17) is 11.6 Å². The van der Waals surface area contributed by atoms with Gasteiger partial charge in [0.25, 0.3) is 0 Å². The summed E-state index contributed by atoms with van der Waals surface area (Å²) in [5.41, 5.74) is 0.692. The van der Waals surface area contributed by atoms with Gasteiger partial charge in [0.15, 0.2) is 0 Å². The number of hydrogen-bond acceptors (Lipinski definition) is 2. The van der Waals surface area contributed by atoms with E-state index in [0.717, 1.165) is 4.88 Å². The lowest BCUT2D eigenvalue weighted by Gasteiger charge is -2.20. The molecule has 1 aromatic carbocycles. The molecule has 0 atom stereocenters. The quantitative estimate of drug-likeness (QED) is 0.813. The standard InChI is InChI=1S/C15H15ClFNOS/c1-2-18(10-13-6-7-14(16)20-13)15(19)9-11-4-3-5-12(17)8-11/h3-8H,2,9-10H2,1H3. The van der Waals surface area contributed by atoms with E-state index < -0.39 is 0 Å². The Balaban J connectivity index is 2.02. The van der Waals surface area contributed by atoms with Crippen LogP contribution in [0.5, 0.6) is 0 Å². The fraction of sp³-hybridized carbons (Fsp3) is 0.267. The molecule has 2 aromatic rings. The van der Waals surface area contributed by atoms with Gasteiger partial charge >= 0.3 is 0 Å². The molecule has 0 radical (unpaired) electrons. The smallest absolute Gasteiger partial charge is 0.227 e. The van der Waals surface area contributed by atoms with Crippen LogP contribution in [-0.4, -0.2) is 17.4 Å². The highest BCUT2D eigenvalue weighted by Crippen LogP contribution is 2.23. The van der Waals surface area contributed by atoms with E-state index in [-0.39, 0.29) is 18.1 Å². The molecule has 0 fully saturated rings. The second kappa shape index (κ2) is 6.86. The van der Waals surface area contributed by atoms with Crippen LogP contribution in [0, 0.1) is 5.82 Å². The Bertz CT molecular complexity index is 599. The van der Waals surface area contributed by atoms with Crippen LogP contribution >= 0.6 is 22.9 Å². The van der Waals surface area contributed by atoms with Gasteiger partial charge in [-0.2, -0.15) is 0 Å². The highest BCUT2D eigenvalue weighted by molar-refractivity contribution is 7.16. The SMILES string of the molecule is CCN(Cc1ccc(Cl)s1)C(=O)Cc1cccc(F)c1. The number of halogens is 2. The normalized spacial score (nSPS) is 10.6. The molecule has 0 N–H and O–H groups in total. The second-order valence-electron chi connectivity index (χ2n) is 4.42. The van der Waals surface area contributed by atoms with Gasteiger partial charge in [0.2, 0.25) is 5.91 Å². The van der Waals surface area contributed by atoms with E-state index in [1.54, 1.807) is 17.0 Å². The predicted molar refractivity (Wildman–Crippen MR) is 80.5 cm³/mol. The van der Waals surface area contributed by atoms with Gasteiger partial charge < -0.3 is 4.90 Å². The lowest BCUT2D eigenvalue weighted by Crippen LogP contribution is -2.31. The number of amides is 1. The van der Waals surface area contributed by atoms with Crippen LogP contribution in [0.1, 0.15) is 17.4 Å². The first kappa shape index (κ1) is 15.0. The Kier molecular flexibility index (Phi) is 5.15. The minimum Gasteiger partial charge on any atom is -0.338 e. The molecule has 0 aliphatic rings. The Morgan fingerprint density at radius 1 is 1.35 bits per heavy atom. The maximum Gasteiger partial charge on any atom is 0.227 e. The van der Waals surface area contributed by atoms with Crippen molar-refractivity contribution in [3.05, 3.63) is 57.0 Å². The molecule has 2 nitrogen and oxygen atoms in total. The van der Waals surface area contributed by atoms with Crippen molar-refractivity contribution in [2.75, 3.05) is 6.54 Å². The molecular weight excluding hydrogens is 297 g/mol. The third-order valence-electron chi connectivity index (χ3n) is 2.95. The van der Waals surface area contributed by atoms with Gasteiger partial charge in [0.1, 0.15) is 5.82 Å². The van der Waals surface area contributed by atoms with E-state index in [2.05, 4.69) is 0 Å². The number of benzene rings is 1. The van der Waals surface area contributed by atoms with Gasteiger partial charge in [0, 0.05) is 11.4 Å². The van der Waals surface area contributed by atoms with Crippen molar-refractivity contribution in [3.8, 4) is 0 Å². The third kappa shape index (κ3) is 4.05. The molecule has 0 aliphatic heterocycles. The molecule has 0 unspecified atom stereocenters. The summed E-state index contributed by atoms with van der Waals surface area (Å²) in [7, 11) is 0. The summed E-state index contributed by atoms with van der Waals surface area (Å²) in [6.07, 6.45) is 0.213. The van der Waals surface area contributed by atoms with Gasteiger partial charge in [-0.15, -0.1) is 11.3 Å². The first-order valence-electron chi connectivity index (χ1n) is 6.35. The van der Waals surface area contributed by atoms with E-state index >= 15 is 0 Å². The van der Waals surface area contributed by atoms with E-state index in [1.165, 1.54) is 23.5 Å². The van der Waals surface area contributed by atoms with Crippen molar-refractivity contribution in [3.63, 3.8) is 0 Å². The third-order valence-corrected chi connectivity index (χ3v) is 4.17. The average molecular weight is 312 g/mol. The Morgan fingerprint density at radius 3 is 2.75 bits per heavy atom. The summed E-state index contributed by atoms with van der Waals surface area (Å²) in [5, 5.41) is 0. The molecule has 2 rings (SSSR count). The molecule has 5 heteroatoms. The second-order valence-corrected chi connectivity index (χ2v) is 6.22. The zero-order valence-corrected chi connectivity index (χ0v) is 12.7. The lowest BCUT2D eigenvalue weighted by atomic mass is 10.1. The summed E-state index contributed by atoms with van der Waals surface area (Å²) in [6, 6.07) is 9.90. The molecule has 1 amide bonds. The highest BCUT2D eigenvalue weighted by atomic mass is 35.5. The summed E-state index contributed by atoms with van der Waals surface area (Å²) in [5.74, 6) is -0.328. The molecule has 0 spiro atoms. The van der Waals surface area contributed by atoms with Crippen LogP contribution in [0.3, 0.4) is 0 Å². The first-order valence-corrected chi connectivity index (χ1v) is 7.54. The fourth-order valence-corrected chi connectivity index (χ4v) is 3.04. The summed E-state index contributed by atoms with van der Waals surface area (Å²) >= 11 is 7.36. The number of likely N-dealkylation sites (N-methyl/N-ethyl adjacent to an activating group) is 1. The number of carbonyl (C=O) groups is 1. The van der Waals surface area contributed by atoms with Crippen LogP contribution in [-0.2, 0) is 17.8 Å².